The van der Waals surface area contributed by atoms with E-state index in [-0.39, 0.29) is 17.9 Å². The van der Waals surface area contributed by atoms with Crippen molar-refractivity contribution >= 4 is 22.9 Å². The molecule has 1 aliphatic rings. The topological polar surface area (TPSA) is 76.4 Å². The van der Waals surface area contributed by atoms with Gasteiger partial charge < -0.3 is 19.7 Å². The number of benzene rings is 2. The first-order chi connectivity index (χ1) is 18.8. The number of hydrogen-bond donors (Lipinski definition) is 2. The molecular weight excluding hydrogens is 486 g/mol. The number of pyridine rings is 1. The summed E-state index contributed by atoms with van der Waals surface area (Å²) in [5.41, 5.74) is 8.73. The number of aliphatic hydroxyl groups excluding tert-OH is 1. The van der Waals surface area contributed by atoms with Crippen LogP contribution in [0.2, 0.25) is 0 Å². The molecule has 0 aliphatic carbocycles. The molecular formula is C33H35N3O3. The number of hydrogen-bond acceptors (Lipinski definition) is 5. The summed E-state index contributed by atoms with van der Waals surface area (Å²) >= 11 is 0. The van der Waals surface area contributed by atoms with Crippen LogP contribution in [-0.4, -0.2) is 39.2 Å². The Morgan fingerprint density at radius 3 is 2.72 bits per heavy atom. The highest BCUT2D eigenvalue weighted by molar-refractivity contribution is 6.17. The smallest absolute Gasteiger partial charge is 0.197 e. The molecule has 0 spiro atoms. The molecule has 2 N–H and O–H groups in total. The van der Waals surface area contributed by atoms with Crippen molar-refractivity contribution in [2.75, 3.05) is 6.61 Å². The second-order valence-electron chi connectivity index (χ2n) is 10.3. The zero-order valence-corrected chi connectivity index (χ0v) is 23.2. The molecule has 4 aromatic rings. The molecule has 39 heavy (non-hydrogen) atoms. The molecule has 0 bridgehead atoms. The Kier molecular flexibility index (Phi) is 7.40. The summed E-state index contributed by atoms with van der Waals surface area (Å²) in [7, 11) is 0. The highest BCUT2D eigenvalue weighted by Gasteiger charge is 2.28. The van der Waals surface area contributed by atoms with Crippen LogP contribution in [0.15, 0.2) is 83.9 Å². The van der Waals surface area contributed by atoms with Crippen LogP contribution in [0.25, 0.3) is 22.8 Å². The molecule has 2 aromatic heterocycles. The van der Waals surface area contributed by atoms with E-state index in [9.17, 15) is 9.90 Å². The summed E-state index contributed by atoms with van der Waals surface area (Å²) in [6.07, 6.45) is 4.51. The molecule has 0 radical (unpaired) electrons. The van der Waals surface area contributed by atoms with Crippen LogP contribution in [0.1, 0.15) is 60.4 Å². The van der Waals surface area contributed by atoms with Crippen LogP contribution in [0, 0.1) is 6.92 Å². The van der Waals surface area contributed by atoms with Gasteiger partial charge in [-0.15, -0.1) is 0 Å². The standard InChI is InChI=1S/C33H35N3O3/c1-6-24-10-7-12-26(17-24)33(38)29-22(4)36(28-14-9-15-34-31(28)29)27-13-8-11-25(18-27)16-20(2)19-39-23(5)30-32(37)21(3)35-30/h7-18,21,23,35,37H,6,19H2,1-5H3/b20-16+/t21?,23-/m0/s1. The number of carbonyl (C=O) groups excluding carboxylic acids is 1. The van der Waals surface area contributed by atoms with Crippen LogP contribution < -0.4 is 5.32 Å². The van der Waals surface area contributed by atoms with Gasteiger partial charge in [-0.05, 0) is 81.1 Å². The average molecular weight is 522 g/mol. The van der Waals surface area contributed by atoms with E-state index in [2.05, 4.69) is 46.1 Å². The fourth-order valence-corrected chi connectivity index (χ4v) is 5.19. The maximum atomic E-state index is 13.7. The van der Waals surface area contributed by atoms with Crippen LogP contribution in [0.5, 0.6) is 0 Å². The van der Waals surface area contributed by atoms with Crippen molar-refractivity contribution in [1.82, 2.24) is 14.9 Å². The molecule has 0 saturated carbocycles. The lowest BCUT2D eigenvalue weighted by Gasteiger charge is -2.32. The summed E-state index contributed by atoms with van der Waals surface area (Å²) in [6, 6.07) is 20.0. The minimum absolute atomic E-state index is 0.00818. The molecule has 0 saturated heterocycles. The highest BCUT2D eigenvalue weighted by atomic mass is 16.5. The van der Waals surface area contributed by atoms with Gasteiger partial charge >= 0.3 is 0 Å². The van der Waals surface area contributed by atoms with Crippen LogP contribution >= 0.6 is 0 Å². The van der Waals surface area contributed by atoms with Gasteiger partial charge in [0, 0.05) is 23.1 Å². The molecule has 5 rings (SSSR count). The number of nitrogens with zero attached hydrogens (tertiary/aromatic N) is 2. The Balaban J connectivity index is 1.46. The molecule has 1 aliphatic heterocycles. The number of nitrogens with one attached hydrogen (secondary N) is 1. The monoisotopic (exact) mass is 521 g/mol. The van der Waals surface area contributed by atoms with Gasteiger partial charge in [0.15, 0.2) is 5.78 Å². The van der Waals surface area contributed by atoms with Crippen LogP contribution in [-0.2, 0) is 11.2 Å². The summed E-state index contributed by atoms with van der Waals surface area (Å²) < 4.78 is 8.09. The van der Waals surface area contributed by atoms with Crippen molar-refractivity contribution < 1.29 is 14.6 Å². The van der Waals surface area contributed by atoms with Gasteiger partial charge in [-0.3, -0.25) is 9.78 Å². The third-order valence-corrected chi connectivity index (χ3v) is 7.35. The number of rotatable bonds is 9. The number of aromatic nitrogens is 2. The Labute approximate surface area is 229 Å². The predicted octanol–water partition coefficient (Wildman–Crippen LogP) is 6.70. The van der Waals surface area contributed by atoms with E-state index in [0.29, 0.717) is 29.0 Å². The Morgan fingerprint density at radius 2 is 1.97 bits per heavy atom. The number of aliphatic hydroxyl groups is 1. The fraction of sp³-hybridized carbons (Fsp3) is 0.273. The van der Waals surface area contributed by atoms with Crippen LogP contribution in [0.4, 0.5) is 0 Å². The number of fused-ring (bicyclic) bond motifs is 1. The van der Waals surface area contributed by atoms with E-state index in [4.69, 9.17) is 4.74 Å². The van der Waals surface area contributed by atoms with Gasteiger partial charge in [-0.1, -0.05) is 43.3 Å². The largest absolute Gasteiger partial charge is 0.508 e. The molecule has 3 heterocycles. The maximum absolute atomic E-state index is 13.7. The normalized spacial score (nSPS) is 16.2. The van der Waals surface area contributed by atoms with E-state index < -0.39 is 0 Å². The molecule has 200 valence electrons. The van der Waals surface area contributed by atoms with Crippen LogP contribution in [0.3, 0.4) is 0 Å². The lowest BCUT2D eigenvalue weighted by atomic mass is 10.00. The second-order valence-corrected chi connectivity index (χ2v) is 10.3. The van der Waals surface area contributed by atoms with Gasteiger partial charge in [0.25, 0.3) is 0 Å². The minimum Gasteiger partial charge on any atom is -0.508 e. The van der Waals surface area contributed by atoms with E-state index in [1.54, 1.807) is 6.20 Å². The summed E-state index contributed by atoms with van der Waals surface area (Å²) in [5.74, 6) is 0.358. The molecule has 1 unspecified atom stereocenters. The molecule has 0 amide bonds. The van der Waals surface area contributed by atoms with Crippen molar-refractivity contribution in [2.24, 2.45) is 0 Å². The van der Waals surface area contributed by atoms with E-state index in [1.165, 1.54) is 0 Å². The number of carbonyl (C=O) groups is 1. The van der Waals surface area contributed by atoms with Crippen molar-refractivity contribution in [2.45, 2.75) is 53.2 Å². The minimum atomic E-state index is -0.203. The van der Waals surface area contributed by atoms with Crippen molar-refractivity contribution in [1.29, 1.82) is 0 Å². The molecule has 2 atom stereocenters. The lowest BCUT2D eigenvalue weighted by Crippen LogP contribution is -2.44. The number of ketones is 1. The quantitative estimate of drug-likeness (QED) is 0.240. The Hall–Kier alpha value is -4.16. The van der Waals surface area contributed by atoms with Gasteiger partial charge in [-0.25, -0.2) is 0 Å². The van der Waals surface area contributed by atoms with E-state index in [0.717, 1.165) is 45.7 Å². The van der Waals surface area contributed by atoms with E-state index >= 15 is 0 Å². The van der Waals surface area contributed by atoms with Crippen molar-refractivity contribution in [3.63, 3.8) is 0 Å². The first-order valence-corrected chi connectivity index (χ1v) is 13.5. The Morgan fingerprint density at radius 1 is 1.18 bits per heavy atom. The summed E-state index contributed by atoms with van der Waals surface area (Å²) in [6.45, 7) is 10.4. The zero-order chi connectivity index (χ0) is 27.7. The highest BCUT2D eigenvalue weighted by Crippen LogP contribution is 2.30. The molecule has 6 nitrogen and oxygen atoms in total. The van der Waals surface area contributed by atoms with E-state index in [1.807, 2.05) is 70.2 Å². The molecule has 0 fully saturated rings. The third kappa shape index (κ3) is 5.12. The van der Waals surface area contributed by atoms with Gasteiger partial charge in [0.05, 0.1) is 41.0 Å². The summed E-state index contributed by atoms with van der Waals surface area (Å²) in [4.78, 5) is 18.4. The number of aryl methyl sites for hydroxylation is 1. The molecule has 6 heteroatoms. The summed E-state index contributed by atoms with van der Waals surface area (Å²) in [5, 5.41) is 13.2. The predicted molar refractivity (Wildman–Crippen MR) is 156 cm³/mol. The van der Waals surface area contributed by atoms with Gasteiger partial charge in [0.2, 0.25) is 0 Å². The van der Waals surface area contributed by atoms with Crippen molar-refractivity contribution in [3.8, 4) is 5.69 Å². The first kappa shape index (κ1) is 26.4. The maximum Gasteiger partial charge on any atom is 0.197 e. The average Bonchev–Trinajstić information content (AvgIpc) is 3.25. The van der Waals surface area contributed by atoms with Crippen molar-refractivity contribution in [3.05, 3.63) is 112 Å². The second kappa shape index (κ2) is 10.9. The van der Waals surface area contributed by atoms with Gasteiger partial charge in [-0.2, -0.15) is 0 Å². The van der Waals surface area contributed by atoms with Gasteiger partial charge in [0.1, 0.15) is 5.76 Å². The third-order valence-electron chi connectivity index (χ3n) is 7.35. The SMILES string of the molecule is CCc1cccc(C(=O)c2c(C)n(-c3cccc(/C=C(\C)CO[C@@H](C)C4=C(O)C(C)N4)c3)c3cccnc23)c1. The zero-order valence-electron chi connectivity index (χ0n) is 23.2. The molecule has 2 aromatic carbocycles. The number of ether oxygens (including phenoxy) is 1. The first-order valence-electron chi connectivity index (χ1n) is 13.5. The lowest BCUT2D eigenvalue weighted by molar-refractivity contribution is 0.0889. The Bertz CT molecular complexity index is 1610. The fourth-order valence-electron chi connectivity index (χ4n) is 5.19.